The maximum atomic E-state index is 12.4. The number of carbonyl (C=O) groups is 2. The van der Waals surface area contributed by atoms with E-state index in [4.69, 9.17) is 4.74 Å². The van der Waals surface area contributed by atoms with Crippen molar-refractivity contribution in [1.29, 1.82) is 0 Å². The number of Topliss-reactive ketones (excluding diaryl/α,β-unsaturated/α-hetero) is 1. The van der Waals surface area contributed by atoms with Gasteiger partial charge in [0, 0.05) is 25.6 Å². The van der Waals surface area contributed by atoms with Crippen LogP contribution in [0.25, 0.3) is 0 Å². The molecule has 1 aliphatic rings. The van der Waals surface area contributed by atoms with Gasteiger partial charge in [0.25, 0.3) is 0 Å². The van der Waals surface area contributed by atoms with E-state index >= 15 is 0 Å². The standard InChI is InChI=1S/C15H24N4O3/c1-5-19-13(16-10-17-19)8-12(20)11-6-7-18(9-11)14(21)22-15(2,3)4/h10-11H,5-9H2,1-4H3. The van der Waals surface area contributed by atoms with E-state index in [0.29, 0.717) is 31.9 Å². The van der Waals surface area contributed by atoms with Gasteiger partial charge in [-0.15, -0.1) is 0 Å². The molecule has 122 valence electrons. The highest BCUT2D eigenvalue weighted by atomic mass is 16.6. The lowest BCUT2D eigenvalue weighted by atomic mass is 10.0. The van der Waals surface area contributed by atoms with Gasteiger partial charge in [0.1, 0.15) is 23.5 Å². The molecule has 0 radical (unpaired) electrons. The summed E-state index contributed by atoms with van der Waals surface area (Å²) in [5.74, 6) is 0.645. The van der Waals surface area contributed by atoms with Crippen LogP contribution in [0.5, 0.6) is 0 Å². The van der Waals surface area contributed by atoms with Crippen LogP contribution < -0.4 is 0 Å². The van der Waals surface area contributed by atoms with E-state index in [1.807, 2.05) is 27.7 Å². The van der Waals surface area contributed by atoms with Gasteiger partial charge in [0.15, 0.2) is 0 Å². The molecule has 22 heavy (non-hydrogen) atoms. The van der Waals surface area contributed by atoms with Crippen molar-refractivity contribution in [1.82, 2.24) is 19.7 Å². The molecule has 1 unspecified atom stereocenters. The van der Waals surface area contributed by atoms with Crippen LogP contribution in [0.15, 0.2) is 6.33 Å². The largest absolute Gasteiger partial charge is 0.444 e. The second kappa shape index (κ2) is 6.46. The molecule has 0 bridgehead atoms. The Morgan fingerprint density at radius 3 is 2.77 bits per heavy atom. The lowest BCUT2D eigenvalue weighted by Crippen LogP contribution is -2.36. The van der Waals surface area contributed by atoms with Crippen LogP contribution in [0, 0.1) is 5.92 Å². The second-order valence-electron chi connectivity index (χ2n) is 6.55. The average molecular weight is 308 g/mol. The second-order valence-corrected chi connectivity index (χ2v) is 6.55. The summed E-state index contributed by atoms with van der Waals surface area (Å²) in [6.45, 7) is 9.14. The topological polar surface area (TPSA) is 77.3 Å². The average Bonchev–Trinajstić information content (AvgIpc) is 3.05. The van der Waals surface area contributed by atoms with Crippen molar-refractivity contribution in [2.75, 3.05) is 13.1 Å². The summed E-state index contributed by atoms with van der Waals surface area (Å²) < 4.78 is 7.06. The van der Waals surface area contributed by atoms with Crippen molar-refractivity contribution >= 4 is 11.9 Å². The number of ketones is 1. The first-order chi connectivity index (χ1) is 10.3. The third kappa shape index (κ3) is 4.05. The SMILES string of the molecule is CCn1ncnc1CC(=O)C1CCN(C(=O)OC(C)(C)C)C1. The number of aromatic nitrogens is 3. The Hall–Kier alpha value is -1.92. The maximum Gasteiger partial charge on any atom is 0.410 e. The summed E-state index contributed by atoms with van der Waals surface area (Å²) in [5.41, 5.74) is -0.517. The molecule has 0 saturated carbocycles. The number of amides is 1. The maximum absolute atomic E-state index is 12.4. The molecule has 1 amide bonds. The van der Waals surface area contributed by atoms with Gasteiger partial charge >= 0.3 is 6.09 Å². The zero-order chi connectivity index (χ0) is 16.3. The fourth-order valence-electron chi connectivity index (χ4n) is 2.50. The van der Waals surface area contributed by atoms with E-state index in [0.717, 1.165) is 0 Å². The van der Waals surface area contributed by atoms with E-state index in [9.17, 15) is 9.59 Å². The van der Waals surface area contributed by atoms with Gasteiger partial charge in [-0.1, -0.05) is 0 Å². The number of carbonyl (C=O) groups excluding carboxylic acids is 2. The first-order valence-electron chi connectivity index (χ1n) is 7.67. The lowest BCUT2D eigenvalue weighted by Gasteiger charge is -2.24. The Bertz CT molecular complexity index is 547. The quantitative estimate of drug-likeness (QED) is 0.845. The monoisotopic (exact) mass is 308 g/mol. The van der Waals surface area contributed by atoms with Crippen LogP contribution in [0.3, 0.4) is 0 Å². The Kier molecular flexibility index (Phi) is 4.83. The highest BCUT2D eigenvalue weighted by molar-refractivity contribution is 5.84. The molecule has 1 atom stereocenters. The Balaban J connectivity index is 1.90. The van der Waals surface area contributed by atoms with E-state index in [2.05, 4.69) is 10.1 Å². The molecule has 0 N–H and O–H groups in total. The molecule has 2 heterocycles. The van der Waals surface area contributed by atoms with Crippen molar-refractivity contribution in [3.05, 3.63) is 12.2 Å². The summed E-state index contributed by atoms with van der Waals surface area (Å²) >= 11 is 0. The molecule has 0 aromatic carbocycles. The van der Waals surface area contributed by atoms with Crippen LogP contribution in [-0.2, 0) is 22.5 Å². The molecule has 1 aromatic rings. The van der Waals surface area contributed by atoms with E-state index in [1.54, 1.807) is 9.58 Å². The summed E-state index contributed by atoms with van der Waals surface area (Å²) in [4.78, 5) is 30.1. The normalized spacial score (nSPS) is 18.5. The van der Waals surface area contributed by atoms with Gasteiger partial charge in [-0.05, 0) is 34.1 Å². The molecule has 1 aromatic heterocycles. The summed E-state index contributed by atoms with van der Waals surface area (Å²) in [6.07, 6.45) is 2.06. The predicted octanol–water partition coefficient (Wildman–Crippen LogP) is 1.67. The number of hydrogen-bond acceptors (Lipinski definition) is 5. The van der Waals surface area contributed by atoms with Crippen LogP contribution in [0.1, 0.15) is 39.9 Å². The summed E-state index contributed by atoms with van der Waals surface area (Å²) in [6, 6.07) is 0. The minimum Gasteiger partial charge on any atom is -0.444 e. The van der Waals surface area contributed by atoms with E-state index < -0.39 is 5.60 Å². The molecule has 1 aliphatic heterocycles. The van der Waals surface area contributed by atoms with Crippen molar-refractivity contribution < 1.29 is 14.3 Å². The first-order valence-corrected chi connectivity index (χ1v) is 7.67. The molecule has 0 spiro atoms. The molecule has 7 nitrogen and oxygen atoms in total. The number of likely N-dealkylation sites (tertiary alicyclic amines) is 1. The zero-order valence-electron chi connectivity index (χ0n) is 13.7. The molecule has 1 saturated heterocycles. The molecular weight excluding hydrogens is 284 g/mol. The highest BCUT2D eigenvalue weighted by Crippen LogP contribution is 2.21. The minimum atomic E-state index is -0.517. The molecule has 1 fully saturated rings. The van der Waals surface area contributed by atoms with Gasteiger partial charge in [-0.25, -0.2) is 14.5 Å². The van der Waals surface area contributed by atoms with Crippen LogP contribution in [0.4, 0.5) is 4.79 Å². The van der Waals surface area contributed by atoms with E-state index in [-0.39, 0.29) is 24.2 Å². The Morgan fingerprint density at radius 2 is 2.14 bits per heavy atom. The van der Waals surface area contributed by atoms with Crippen molar-refractivity contribution in [3.8, 4) is 0 Å². The van der Waals surface area contributed by atoms with Crippen molar-refractivity contribution in [3.63, 3.8) is 0 Å². The summed E-state index contributed by atoms with van der Waals surface area (Å²) in [5, 5.41) is 4.07. The Labute approximate surface area is 130 Å². The highest BCUT2D eigenvalue weighted by Gasteiger charge is 2.33. The summed E-state index contributed by atoms with van der Waals surface area (Å²) in [7, 11) is 0. The van der Waals surface area contributed by atoms with Crippen LogP contribution in [0.2, 0.25) is 0 Å². The third-order valence-corrected chi connectivity index (χ3v) is 3.62. The fourth-order valence-corrected chi connectivity index (χ4v) is 2.50. The predicted molar refractivity (Wildman–Crippen MR) is 80.3 cm³/mol. The molecule has 7 heteroatoms. The van der Waals surface area contributed by atoms with Crippen LogP contribution in [-0.4, -0.2) is 50.2 Å². The van der Waals surface area contributed by atoms with Crippen LogP contribution >= 0.6 is 0 Å². The first kappa shape index (κ1) is 16.5. The number of aryl methyl sites for hydroxylation is 1. The van der Waals surface area contributed by atoms with E-state index in [1.165, 1.54) is 6.33 Å². The number of nitrogens with zero attached hydrogens (tertiary/aromatic N) is 4. The fraction of sp³-hybridized carbons (Fsp3) is 0.733. The number of rotatable bonds is 4. The van der Waals surface area contributed by atoms with Gasteiger partial charge in [-0.2, -0.15) is 5.10 Å². The minimum absolute atomic E-state index is 0.105. The van der Waals surface area contributed by atoms with Gasteiger partial charge in [-0.3, -0.25) is 4.79 Å². The molecular formula is C15H24N4O3. The molecule has 0 aliphatic carbocycles. The lowest BCUT2D eigenvalue weighted by molar-refractivity contribution is -0.121. The van der Waals surface area contributed by atoms with Crippen molar-refractivity contribution in [2.24, 2.45) is 5.92 Å². The number of hydrogen-bond donors (Lipinski definition) is 0. The Morgan fingerprint density at radius 1 is 1.41 bits per heavy atom. The third-order valence-electron chi connectivity index (χ3n) is 3.62. The number of ether oxygens (including phenoxy) is 1. The molecule has 2 rings (SSSR count). The van der Waals surface area contributed by atoms with Gasteiger partial charge in [0.05, 0.1) is 6.42 Å². The van der Waals surface area contributed by atoms with Gasteiger partial charge < -0.3 is 9.64 Å². The van der Waals surface area contributed by atoms with Gasteiger partial charge in [0.2, 0.25) is 0 Å². The smallest absolute Gasteiger partial charge is 0.410 e. The zero-order valence-corrected chi connectivity index (χ0v) is 13.7. The van der Waals surface area contributed by atoms with Crippen molar-refractivity contribution in [2.45, 2.75) is 52.7 Å².